The van der Waals surface area contributed by atoms with Crippen LogP contribution in [0.4, 0.5) is 0 Å². The Hall–Kier alpha value is -1.83. The standard InChI is InChI=1S/C14H11ClN2OS/c1-3-8-16-13(18)12-9(2)17-14(19-12)10-4-6-11(15)7-5-10/h1,4-7H,8H2,2H3,(H,16,18). The molecule has 0 aliphatic heterocycles. The Labute approximate surface area is 120 Å². The van der Waals surface area contributed by atoms with Crippen LogP contribution in [0.25, 0.3) is 10.6 Å². The van der Waals surface area contributed by atoms with Gasteiger partial charge in [-0.05, 0) is 19.1 Å². The fraction of sp³-hybridized carbons (Fsp3) is 0.143. The molecule has 0 atom stereocenters. The average Bonchev–Trinajstić information content (AvgIpc) is 2.79. The van der Waals surface area contributed by atoms with Crippen LogP contribution in [0.3, 0.4) is 0 Å². The summed E-state index contributed by atoms with van der Waals surface area (Å²) >= 11 is 7.19. The second-order valence-corrected chi connectivity index (χ2v) is 5.26. The molecule has 5 heteroatoms. The van der Waals surface area contributed by atoms with E-state index in [4.69, 9.17) is 18.0 Å². The van der Waals surface area contributed by atoms with Crippen molar-refractivity contribution >= 4 is 28.8 Å². The highest BCUT2D eigenvalue weighted by molar-refractivity contribution is 7.17. The van der Waals surface area contributed by atoms with Gasteiger partial charge in [0.15, 0.2) is 0 Å². The van der Waals surface area contributed by atoms with E-state index >= 15 is 0 Å². The van der Waals surface area contributed by atoms with E-state index in [0.29, 0.717) is 15.6 Å². The number of benzene rings is 1. The van der Waals surface area contributed by atoms with Crippen molar-refractivity contribution in [3.8, 4) is 22.9 Å². The van der Waals surface area contributed by atoms with Gasteiger partial charge in [-0.15, -0.1) is 17.8 Å². The van der Waals surface area contributed by atoms with Crippen LogP contribution in [-0.2, 0) is 0 Å². The zero-order valence-corrected chi connectivity index (χ0v) is 11.8. The van der Waals surface area contributed by atoms with E-state index in [0.717, 1.165) is 10.6 Å². The van der Waals surface area contributed by atoms with E-state index in [1.807, 2.05) is 12.1 Å². The quantitative estimate of drug-likeness (QED) is 0.883. The Balaban J connectivity index is 2.28. The van der Waals surface area contributed by atoms with Crippen molar-refractivity contribution in [1.29, 1.82) is 0 Å². The maximum atomic E-state index is 11.9. The molecule has 0 aliphatic rings. The predicted molar refractivity (Wildman–Crippen MR) is 78.5 cm³/mol. The van der Waals surface area contributed by atoms with E-state index in [-0.39, 0.29) is 12.5 Å². The molecule has 96 valence electrons. The third kappa shape index (κ3) is 3.14. The van der Waals surface area contributed by atoms with E-state index in [1.54, 1.807) is 19.1 Å². The molecule has 0 aliphatic carbocycles. The van der Waals surface area contributed by atoms with E-state index in [1.165, 1.54) is 11.3 Å². The Morgan fingerprint density at radius 1 is 1.47 bits per heavy atom. The molecule has 0 radical (unpaired) electrons. The van der Waals surface area contributed by atoms with Crippen LogP contribution in [-0.4, -0.2) is 17.4 Å². The first-order valence-corrected chi connectivity index (χ1v) is 6.76. The number of carbonyl (C=O) groups excluding carboxylic acids is 1. The number of hydrogen-bond donors (Lipinski definition) is 1. The van der Waals surface area contributed by atoms with E-state index < -0.39 is 0 Å². The molecule has 0 bridgehead atoms. The van der Waals surface area contributed by atoms with Gasteiger partial charge < -0.3 is 5.32 Å². The van der Waals surface area contributed by atoms with Crippen LogP contribution in [0.1, 0.15) is 15.4 Å². The molecule has 2 rings (SSSR count). The van der Waals surface area contributed by atoms with Gasteiger partial charge in [-0.25, -0.2) is 4.98 Å². The normalized spacial score (nSPS) is 9.95. The van der Waals surface area contributed by atoms with Crippen LogP contribution in [0.5, 0.6) is 0 Å². The van der Waals surface area contributed by atoms with Crippen molar-refractivity contribution < 1.29 is 4.79 Å². The van der Waals surface area contributed by atoms with Crippen LogP contribution in [0.15, 0.2) is 24.3 Å². The number of hydrogen-bond acceptors (Lipinski definition) is 3. The maximum absolute atomic E-state index is 11.9. The van der Waals surface area contributed by atoms with Gasteiger partial charge in [-0.3, -0.25) is 4.79 Å². The fourth-order valence-corrected chi connectivity index (χ4v) is 2.65. The third-order valence-electron chi connectivity index (χ3n) is 2.45. The molecule has 0 fully saturated rings. The highest BCUT2D eigenvalue weighted by Gasteiger charge is 2.15. The SMILES string of the molecule is C#CCNC(=O)c1sc(-c2ccc(Cl)cc2)nc1C. The summed E-state index contributed by atoms with van der Waals surface area (Å²) in [7, 11) is 0. The van der Waals surface area contributed by atoms with Crippen LogP contribution in [0, 0.1) is 19.3 Å². The first kappa shape index (κ1) is 13.6. The second kappa shape index (κ2) is 5.87. The Morgan fingerprint density at radius 2 is 2.16 bits per heavy atom. The summed E-state index contributed by atoms with van der Waals surface area (Å²) in [5.74, 6) is 2.18. The largest absolute Gasteiger partial charge is 0.340 e. The van der Waals surface area contributed by atoms with Crippen molar-refractivity contribution in [3.05, 3.63) is 39.9 Å². The predicted octanol–water partition coefficient (Wildman–Crippen LogP) is 3.13. The van der Waals surface area contributed by atoms with Gasteiger partial charge in [-0.2, -0.15) is 0 Å². The number of nitrogens with zero attached hydrogens (tertiary/aromatic N) is 1. The summed E-state index contributed by atoms with van der Waals surface area (Å²) < 4.78 is 0. The van der Waals surface area contributed by atoms with Crippen LogP contribution < -0.4 is 5.32 Å². The molecule has 0 unspecified atom stereocenters. The smallest absolute Gasteiger partial charge is 0.264 e. The molecule has 2 aromatic rings. The Bertz CT molecular complexity index is 640. The average molecular weight is 291 g/mol. The third-order valence-corrected chi connectivity index (χ3v) is 3.90. The molecule has 3 nitrogen and oxygen atoms in total. The van der Waals surface area contributed by atoms with Crippen molar-refractivity contribution in [2.45, 2.75) is 6.92 Å². The summed E-state index contributed by atoms with van der Waals surface area (Å²) in [5.41, 5.74) is 1.64. The lowest BCUT2D eigenvalue weighted by Crippen LogP contribution is -2.23. The molecule has 1 amide bonds. The lowest BCUT2D eigenvalue weighted by atomic mass is 10.2. The zero-order chi connectivity index (χ0) is 13.8. The van der Waals surface area contributed by atoms with Crippen molar-refractivity contribution in [2.24, 2.45) is 0 Å². The van der Waals surface area contributed by atoms with Crippen molar-refractivity contribution in [1.82, 2.24) is 10.3 Å². The summed E-state index contributed by atoms with van der Waals surface area (Å²) in [4.78, 5) is 16.9. The van der Waals surface area contributed by atoms with Gasteiger partial charge >= 0.3 is 0 Å². The minimum absolute atomic E-state index is 0.187. The first-order valence-electron chi connectivity index (χ1n) is 5.57. The van der Waals surface area contributed by atoms with Gasteiger partial charge in [0, 0.05) is 10.6 Å². The molecular formula is C14H11ClN2OS. The molecule has 0 spiro atoms. The summed E-state index contributed by atoms with van der Waals surface area (Å²) in [5, 5.41) is 4.10. The van der Waals surface area contributed by atoms with Gasteiger partial charge in [0.25, 0.3) is 5.91 Å². The fourth-order valence-electron chi connectivity index (χ4n) is 1.53. The monoisotopic (exact) mass is 290 g/mol. The topological polar surface area (TPSA) is 42.0 Å². The lowest BCUT2D eigenvalue weighted by Gasteiger charge is -1.97. The van der Waals surface area contributed by atoms with Gasteiger partial charge in [-0.1, -0.05) is 29.7 Å². The number of amides is 1. The summed E-state index contributed by atoms with van der Waals surface area (Å²) in [6.45, 7) is 2.02. The summed E-state index contributed by atoms with van der Waals surface area (Å²) in [6.07, 6.45) is 5.11. The molecule has 19 heavy (non-hydrogen) atoms. The number of aryl methyl sites for hydroxylation is 1. The van der Waals surface area contributed by atoms with Crippen LogP contribution in [0.2, 0.25) is 5.02 Å². The molecule has 0 saturated carbocycles. The molecule has 1 aromatic carbocycles. The highest BCUT2D eigenvalue weighted by atomic mass is 35.5. The molecule has 1 heterocycles. The zero-order valence-electron chi connectivity index (χ0n) is 10.2. The van der Waals surface area contributed by atoms with E-state index in [9.17, 15) is 4.79 Å². The number of halogens is 1. The molecule has 1 aromatic heterocycles. The highest BCUT2D eigenvalue weighted by Crippen LogP contribution is 2.28. The van der Waals surface area contributed by atoms with Crippen molar-refractivity contribution in [2.75, 3.05) is 6.54 Å². The second-order valence-electron chi connectivity index (χ2n) is 3.83. The number of aromatic nitrogens is 1. The number of thiazole rings is 1. The molecule has 0 saturated heterocycles. The summed E-state index contributed by atoms with van der Waals surface area (Å²) in [6, 6.07) is 7.35. The van der Waals surface area contributed by atoms with Gasteiger partial charge in [0.1, 0.15) is 9.88 Å². The Morgan fingerprint density at radius 3 is 2.79 bits per heavy atom. The number of carbonyl (C=O) groups is 1. The Kier molecular flexibility index (Phi) is 4.20. The molecular weight excluding hydrogens is 280 g/mol. The minimum Gasteiger partial charge on any atom is -0.340 e. The maximum Gasteiger partial charge on any atom is 0.264 e. The van der Waals surface area contributed by atoms with Gasteiger partial charge in [0.2, 0.25) is 0 Å². The number of terminal acetylenes is 1. The first-order chi connectivity index (χ1) is 9.11. The minimum atomic E-state index is -0.187. The van der Waals surface area contributed by atoms with E-state index in [2.05, 4.69) is 16.2 Å². The number of nitrogens with one attached hydrogen (secondary N) is 1. The van der Waals surface area contributed by atoms with Crippen molar-refractivity contribution in [3.63, 3.8) is 0 Å². The number of rotatable bonds is 3. The van der Waals surface area contributed by atoms with Crippen LogP contribution >= 0.6 is 22.9 Å². The molecule has 1 N–H and O–H groups in total. The lowest BCUT2D eigenvalue weighted by molar-refractivity contribution is 0.0962. The van der Waals surface area contributed by atoms with Gasteiger partial charge in [0.05, 0.1) is 12.2 Å².